The van der Waals surface area contributed by atoms with E-state index in [0.717, 1.165) is 16.3 Å². The van der Waals surface area contributed by atoms with Crippen LogP contribution in [0.25, 0.3) is 5.82 Å². The van der Waals surface area contributed by atoms with Gasteiger partial charge < -0.3 is 5.11 Å². The van der Waals surface area contributed by atoms with Crippen molar-refractivity contribution in [1.29, 1.82) is 0 Å². The molecule has 1 N–H and O–H groups in total. The molecule has 6 nitrogen and oxygen atoms in total. The first-order valence-electron chi connectivity index (χ1n) is 5.66. The van der Waals surface area contributed by atoms with Crippen LogP contribution in [-0.4, -0.2) is 37.1 Å². The van der Waals surface area contributed by atoms with E-state index in [1.54, 1.807) is 11.6 Å². The Morgan fingerprint density at radius 3 is 2.79 bits per heavy atom. The number of hydrogen-bond acceptors (Lipinski definition) is 5. The zero-order valence-electron chi connectivity index (χ0n) is 10.9. The number of aliphatic carboxylic acids is 1. The van der Waals surface area contributed by atoms with Gasteiger partial charge in [-0.2, -0.15) is 5.10 Å². The van der Waals surface area contributed by atoms with Crippen molar-refractivity contribution in [3.8, 4) is 5.82 Å². The van der Waals surface area contributed by atoms with Gasteiger partial charge in [-0.05, 0) is 20.1 Å². The lowest BCUT2D eigenvalue weighted by atomic mass is 10.1. The Labute approximate surface area is 114 Å². The highest BCUT2D eigenvalue weighted by Gasteiger charge is 2.16. The van der Waals surface area contributed by atoms with Gasteiger partial charge in [0.05, 0.1) is 12.1 Å². The molecule has 0 fully saturated rings. The molecule has 0 aliphatic heterocycles. The van der Waals surface area contributed by atoms with Gasteiger partial charge in [-0.15, -0.1) is 11.8 Å². The number of aromatic nitrogens is 4. The van der Waals surface area contributed by atoms with Crippen molar-refractivity contribution in [2.24, 2.45) is 0 Å². The predicted octanol–water partition coefficient (Wildman–Crippen LogP) is 1.63. The largest absolute Gasteiger partial charge is 0.481 e. The summed E-state index contributed by atoms with van der Waals surface area (Å²) in [6.45, 7) is 3.65. The molecule has 0 amide bonds. The zero-order chi connectivity index (χ0) is 14.0. The maximum atomic E-state index is 10.9. The Morgan fingerprint density at radius 1 is 1.42 bits per heavy atom. The summed E-state index contributed by atoms with van der Waals surface area (Å²) in [5.74, 6) is -0.213. The van der Waals surface area contributed by atoms with Crippen LogP contribution in [0.4, 0.5) is 0 Å². The molecule has 0 aromatic carbocycles. The molecule has 0 aliphatic rings. The number of aryl methyl sites for hydroxylation is 1. The lowest BCUT2D eigenvalue weighted by Crippen LogP contribution is -2.05. The molecule has 0 saturated carbocycles. The molecule has 0 aliphatic carbocycles. The molecule has 0 bridgehead atoms. The molecule has 2 rings (SSSR count). The molecule has 0 saturated heterocycles. The van der Waals surface area contributed by atoms with Crippen LogP contribution in [0.2, 0.25) is 0 Å². The first-order valence-corrected chi connectivity index (χ1v) is 6.88. The number of carbonyl (C=O) groups is 1. The van der Waals surface area contributed by atoms with Crippen LogP contribution in [0.1, 0.15) is 17.0 Å². The van der Waals surface area contributed by atoms with Gasteiger partial charge in [0.25, 0.3) is 0 Å². The van der Waals surface area contributed by atoms with Gasteiger partial charge >= 0.3 is 5.97 Å². The summed E-state index contributed by atoms with van der Waals surface area (Å²) in [5.41, 5.74) is 2.24. The monoisotopic (exact) mass is 278 g/mol. The zero-order valence-corrected chi connectivity index (χ0v) is 11.7. The standard InChI is InChI=1S/C12H14N4O2S/c1-7-9(4-12(17)18)8(2)16(15-7)10-5-11(19-3)14-6-13-10/h5-6H,4H2,1-3H3,(H,17,18). The van der Waals surface area contributed by atoms with Crippen LogP contribution in [0.5, 0.6) is 0 Å². The first-order chi connectivity index (χ1) is 9.02. The summed E-state index contributed by atoms with van der Waals surface area (Å²) in [5, 5.41) is 14.1. The Bertz CT molecular complexity index is 624. The van der Waals surface area contributed by atoms with E-state index < -0.39 is 5.97 Å². The third kappa shape index (κ3) is 2.76. The summed E-state index contributed by atoms with van der Waals surface area (Å²) >= 11 is 1.52. The minimum absolute atomic E-state index is 0.0296. The van der Waals surface area contributed by atoms with Gasteiger partial charge in [-0.3, -0.25) is 4.79 Å². The van der Waals surface area contributed by atoms with Crippen molar-refractivity contribution < 1.29 is 9.90 Å². The van der Waals surface area contributed by atoms with Crippen molar-refractivity contribution in [3.63, 3.8) is 0 Å². The molecule has 0 unspecified atom stereocenters. The molecule has 2 heterocycles. The summed E-state index contributed by atoms with van der Waals surface area (Å²) in [4.78, 5) is 19.1. The fourth-order valence-electron chi connectivity index (χ4n) is 1.86. The third-order valence-corrected chi connectivity index (χ3v) is 3.46. The molecule has 2 aromatic heterocycles. The van der Waals surface area contributed by atoms with Crippen LogP contribution in [0, 0.1) is 13.8 Å². The SMILES string of the molecule is CSc1cc(-n2nc(C)c(CC(=O)O)c2C)ncn1. The van der Waals surface area contributed by atoms with E-state index in [-0.39, 0.29) is 6.42 Å². The average Bonchev–Trinajstić information content (AvgIpc) is 2.66. The van der Waals surface area contributed by atoms with E-state index in [1.807, 2.05) is 19.2 Å². The fourth-order valence-corrected chi connectivity index (χ4v) is 2.24. The van der Waals surface area contributed by atoms with E-state index in [4.69, 9.17) is 5.11 Å². The minimum atomic E-state index is -0.863. The molecule has 19 heavy (non-hydrogen) atoms. The molecular weight excluding hydrogens is 264 g/mol. The predicted molar refractivity (Wildman–Crippen MR) is 71.7 cm³/mol. The second kappa shape index (κ2) is 5.40. The number of carboxylic acid groups (broad SMARTS) is 1. The number of thioether (sulfide) groups is 1. The molecule has 100 valence electrons. The van der Waals surface area contributed by atoms with Gasteiger partial charge in [0.15, 0.2) is 5.82 Å². The van der Waals surface area contributed by atoms with Gasteiger partial charge in [-0.1, -0.05) is 0 Å². The number of nitrogens with zero attached hydrogens (tertiary/aromatic N) is 4. The lowest BCUT2D eigenvalue weighted by molar-refractivity contribution is -0.136. The minimum Gasteiger partial charge on any atom is -0.481 e. The van der Waals surface area contributed by atoms with Crippen molar-refractivity contribution in [1.82, 2.24) is 19.7 Å². The summed E-state index contributed by atoms with van der Waals surface area (Å²) in [7, 11) is 0. The Kier molecular flexibility index (Phi) is 3.84. The second-order valence-corrected chi connectivity index (χ2v) is 4.88. The molecule has 7 heteroatoms. The van der Waals surface area contributed by atoms with Crippen LogP contribution in [-0.2, 0) is 11.2 Å². The quantitative estimate of drug-likeness (QED) is 0.676. The van der Waals surface area contributed by atoms with Gasteiger partial charge in [-0.25, -0.2) is 14.6 Å². The number of rotatable bonds is 4. The highest BCUT2D eigenvalue weighted by atomic mass is 32.2. The van der Waals surface area contributed by atoms with Crippen molar-refractivity contribution >= 4 is 17.7 Å². The van der Waals surface area contributed by atoms with E-state index >= 15 is 0 Å². The van der Waals surface area contributed by atoms with Crippen molar-refractivity contribution in [2.75, 3.05) is 6.26 Å². The van der Waals surface area contributed by atoms with E-state index in [2.05, 4.69) is 15.1 Å². The Morgan fingerprint density at radius 2 is 2.16 bits per heavy atom. The van der Waals surface area contributed by atoms with E-state index in [1.165, 1.54) is 18.1 Å². The van der Waals surface area contributed by atoms with E-state index in [9.17, 15) is 4.79 Å². The molecule has 2 aromatic rings. The van der Waals surface area contributed by atoms with Crippen molar-refractivity contribution in [2.45, 2.75) is 25.3 Å². The molecular formula is C12H14N4O2S. The smallest absolute Gasteiger partial charge is 0.307 e. The van der Waals surface area contributed by atoms with Crippen LogP contribution in [0.3, 0.4) is 0 Å². The lowest BCUT2D eigenvalue weighted by Gasteiger charge is -2.04. The first kappa shape index (κ1) is 13.5. The molecule has 0 radical (unpaired) electrons. The highest BCUT2D eigenvalue weighted by Crippen LogP contribution is 2.19. The maximum Gasteiger partial charge on any atom is 0.307 e. The second-order valence-electron chi connectivity index (χ2n) is 4.05. The summed E-state index contributed by atoms with van der Waals surface area (Å²) in [6.07, 6.45) is 3.38. The number of hydrogen-bond donors (Lipinski definition) is 1. The topological polar surface area (TPSA) is 80.9 Å². The fraction of sp³-hybridized carbons (Fsp3) is 0.333. The summed E-state index contributed by atoms with van der Waals surface area (Å²) < 4.78 is 1.66. The van der Waals surface area contributed by atoms with Crippen LogP contribution < -0.4 is 0 Å². The average molecular weight is 278 g/mol. The van der Waals surface area contributed by atoms with Gasteiger partial charge in [0.1, 0.15) is 11.4 Å². The molecule has 0 atom stereocenters. The normalized spacial score (nSPS) is 10.7. The Balaban J connectivity index is 2.48. The molecule has 0 spiro atoms. The maximum absolute atomic E-state index is 10.9. The van der Waals surface area contributed by atoms with Gasteiger partial charge in [0.2, 0.25) is 0 Å². The van der Waals surface area contributed by atoms with E-state index in [0.29, 0.717) is 11.5 Å². The Hall–Kier alpha value is -1.89. The number of carboxylic acids is 1. The van der Waals surface area contributed by atoms with Crippen LogP contribution >= 0.6 is 11.8 Å². The van der Waals surface area contributed by atoms with Gasteiger partial charge in [0, 0.05) is 17.3 Å². The van der Waals surface area contributed by atoms with Crippen LogP contribution in [0.15, 0.2) is 17.4 Å². The summed E-state index contributed by atoms with van der Waals surface area (Å²) in [6, 6.07) is 1.83. The third-order valence-electron chi connectivity index (χ3n) is 2.82. The van der Waals surface area contributed by atoms with Crippen molar-refractivity contribution in [3.05, 3.63) is 29.3 Å². The highest BCUT2D eigenvalue weighted by molar-refractivity contribution is 7.98.